The molecule has 3 rings (SSSR count). The monoisotopic (exact) mass is 261 g/mol. The van der Waals surface area contributed by atoms with Crippen LogP contribution in [0.15, 0.2) is 16.6 Å². The van der Waals surface area contributed by atoms with Crippen molar-refractivity contribution in [3.8, 4) is 0 Å². The second-order valence-electron chi connectivity index (χ2n) is 5.41. The Kier molecular flexibility index (Phi) is 3.62. The lowest BCUT2D eigenvalue weighted by molar-refractivity contribution is -0.122. The number of allylic oxidation sites excluding steroid dienone is 2. The predicted octanol–water partition coefficient (Wildman–Crippen LogP) is 2.31. The van der Waals surface area contributed by atoms with Gasteiger partial charge in [0.1, 0.15) is 0 Å². The van der Waals surface area contributed by atoms with Crippen molar-refractivity contribution in [3.63, 3.8) is 0 Å². The van der Waals surface area contributed by atoms with E-state index in [1.54, 1.807) is 0 Å². The molecule has 1 atom stereocenters. The molecule has 2 aliphatic rings. The van der Waals surface area contributed by atoms with E-state index in [0.717, 1.165) is 31.6 Å². The summed E-state index contributed by atoms with van der Waals surface area (Å²) in [5, 5.41) is 10.8. The van der Waals surface area contributed by atoms with Crippen LogP contribution in [0.25, 0.3) is 0 Å². The molecule has 0 saturated heterocycles. The number of amides is 1. The van der Waals surface area contributed by atoms with E-state index in [2.05, 4.69) is 27.7 Å². The number of hydrogen-bond donors (Lipinski definition) is 1. The lowest BCUT2D eigenvalue weighted by atomic mass is 9.93. The first-order chi connectivity index (χ1) is 9.31. The van der Waals surface area contributed by atoms with E-state index in [-0.39, 0.29) is 5.91 Å². The van der Waals surface area contributed by atoms with E-state index in [0.29, 0.717) is 30.7 Å². The highest BCUT2D eigenvalue weighted by Crippen LogP contribution is 2.38. The number of aromatic nitrogens is 2. The van der Waals surface area contributed by atoms with Gasteiger partial charge in [0.2, 0.25) is 17.7 Å². The lowest BCUT2D eigenvalue weighted by Gasteiger charge is -2.15. The predicted molar refractivity (Wildman–Crippen MR) is 69.2 cm³/mol. The zero-order valence-electron chi connectivity index (χ0n) is 11.0. The molecule has 1 aromatic heterocycles. The molecule has 0 aromatic carbocycles. The maximum absolute atomic E-state index is 11.8. The van der Waals surface area contributed by atoms with Crippen molar-refractivity contribution in [2.24, 2.45) is 5.92 Å². The average molecular weight is 261 g/mol. The molecule has 1 unspecified atom stereocenters. The van der Waals surface area contributed by atoms with Crippen molar-refractivity contribution < 1.29 is 9.21 Å². The van der Waals surface area contributed by atoms with Crippen molar-refractivity contribution in [1.82, 2.24) is 15.5 Å². The summed E-state index contributed by atoms with van der Waals surface area (Å²) in [6, 6.07) is 0. The normalized spacial score (nSPS) is 22.4. The summed E-state index contributed by atoms with van der Waals surface area (Å²) in [6.07, 6.45) is 10.6. The molecule has 2 aliphatic carbocycles. The molecule has 0 spiro atoms. The summed E-state index contributed by atoms with van der Waals surface area (Å²) in [6.45, 7) is 0.342. The van der Waals surface area contributed by atoms with Gasteiger partial charge in [-0.3, -0.25) is 4.79 Å². The summed E-state index contributed by atoms with van der Waals surface area (Å²) in [5.74, 6) is 2.14. The summed E-state index contributed by atoms with van der Waals surface area (Å²) < 4.78 is 5.50. The highest BCUT2D eigenvalue weighted by Gasteiger charge is 2.29. The second kappa shape index (κ2) is 5.55. The second-order valence-corrected chi connectivity index (χ2v) is 5.41. The molecule has 5 nitrogen and oxygen atoms in total. The number of carbonyl (C=O) groups excluding carboxylic acids is 1. The largest absolute Gasteiger partial charge is 0.423 e. The first kappa shape index (κ1) is 12.4. The van der Waals surface area contributed by atoms with Gasteiger partial charge in [-0.15, -0.1) is 10.2 Å². The number of nitrogens with one attached hydrogen (secondary N) is 1. The highest BCUT2D eigenvalue weighted by molar-refractivity contribution is 5.76. The Bertz CT molecular complexity index is 477. The Hall–Kier alpha value is -1.65. The molecule has 1 saturated carbocycles. The minimum absolute atomic E-state index is 0.0581. The van der Waals surface area contributed by atoms with Crippen LogP contribution in [-0.2, 0) is 11.3 Å². The SMILES string of the molecule is O=C(CC1C=CCCC1)NCc1nnc(C2CC2)o1. The molecule has 102 valence electrons. The van der Waals surface area contributed by atoms with Gasteiger partial charge in [-0.2, -0.15) is 0 Å². The molecule has 1 N–H and O–H groups in total. The van der Waals surface area contributed by atoms with Gasteiger partial charge in [0.25, 0.3) is 0 Å². The summed E-state index contributed by atoms with van der Waals surface area (Å²) in [7, 11) is 0. The van der Waals surface area contributed by atoms with Crippen LogP contribution in [0, 0.1) is 5.92 Å². The molecule has 1 aromatic rings. The highest BCUT2D eigenvalue weighted by atomic mass is 16.4. The van der Waals surface area contributed by atoms with Crippen molar-refractivity contribution >= 4 is 5.91 Å². The topological polar surface area (TPSA) is 68.0 Å². The molecular formula is C14H19N3O2. The minimum Gasteiger partial charge on any atom is -0.423 e. The number of nitrogens with zero attached hydrogens (tertiary/aromatic N) is 2. The minimum atomic E-state index is 0.0581. The third kappa shape index (κ3) is 3.43. The smallest absolute Gasteiger partial charge is 0.235 e. The van der Waals surface area contributed by atoms with E-state index < -0.39 is 0 Å². The van der Waals surface area contributed by atoms with Crippen molar-refractivity contribution in [2.45, 2.75) is 51.0 Å². The summed E-state index contributed by atoms with van der Waals surface area (Å²) in [4.78, 5) is 11.8. The molecule has 1 fully saturated rings. The first-order valence-electron chi connectivity index (χ1n) is 7.07. The average Bonchev–Trinajstić information content (AvgIpc) is 3.17. The van der Waals surface area contributed by atoms with Crippen LogP contribution in [0.5, 0.6) is 0 Å². The van der Waals surface area contributed by atoms with Gasteiger partial charge in [-0.25, -0.2) is 0 Å². The molecule has 0 aliphatic heterocycles. The van der Waals surface area contributed by atoms with Gasteiger partial charge in [0, 0.05) is 12.3 Å². The lowest BCUT2D eigenvalue weighted by Crippen LogP contribution is -2.25. The van der Waals surface area contributed by atoms with Gasteiger partial charge in [-0.1, -0.05) is 12.2 Å². The van der Waals surface area contributed by atoms with Gasteiger partial charge in [-0.05, 0) is 38.0 Å². The molecule has 5 heteroatoms. The Morgan fingerprint density at radius 2 is 2.26 bits per heavy atom. The van der Waals surface area contributed by atoms with E-state index in [1.165, 1.54) is 6.42 Å². The van der Waals surface area contributed by atoms with Crippen LogP contribution in [0.1, 0.15) is 56.2 Å². The van der Waals surface area contributed by atoms with Gasteiger partial charge < -0.3 is 9.73 Å². The summed E-state index contributed by atoms with van der Waals surface area (Å²) in [5.41, 5.74) is 0. The maximum Gasteiger partial charge on any atom is 0.235 e. The Morgan fingerprint density at radius 1 is 1.37 bits per heavy atom. The number of carbonyl (C=O) groups is 1. The van der Waals surface area contributed by atoms with Crippen LogP contribution in [0.3, 0.4) is 0 Å². The Morgan fingerprint density at radius 3 is 3.00 bits per heavy atom. The van der Waals surface area contributed by atoms with E-state index in [4.69, 9.17) is 4.42 Å². The Balaban J connectivity index is 1.44. The van der Waals surface area contributed by atoms with Crippen LogP contribution in [-0.4, -0.2) is 16.1 Å². The molecular weight excluding hydrogens is 242 g/mol. The quantitative estimate of drug-likeness (QED) is 0.826. The zero-order valence-corrected chi connectivity index (χ0v) is 11.0. The third-order valence-electron chi connectivity index (χ3n) is 3.65. The fourth-order valence-electron chi connectivity index (χ4n) is 2.37. The van der Waals surface area contributed by atoms with E-state index in [1.807, 2.05) is 0 Å². The molecule has 19 heavy (non-hydrogen) atoms. The van der Waals surface area contributed by atoms with Crippen LogP contribution < -0.4 is 5.32 Å². The zero-order chi connectivity index (χ0) is 13.1. The van der Waals surface area contributed by atoms with E-state index >= 15 is 0 Å². The Labute approximate surface area is 112 Å². The molecule has 0 radical (unpaired) electrons. The molecule has 0 bridgehead atoms. The first-order valence-corrected chi connectivity index (χ1v) is 7.07. The standard InChI is InChI=1S/C14H19N3O2/c18-12(8-10-4-2-1-3-5-10)15-9-13-16-17-14(19-13)11-6-7-11/h2,4,10-11H,1,3,5-9H2,(H,15,18). The molecule has 1 heterocycles. The van der Waals surface area contributed by atoms with Crippen molar-refractivity contribution in [3.05, 3.63) is 23.9 Å². The third-order valence-corrected chi connectivity index (χ3v) is 3.65. The summed E-state index contributed by atoms with van der Waals surface area (Å²) >= 11 is 0. The van der Waals surface area contributed by atoms with E-state index in [9.17, 15) is 4.79 Å². The maximum atomic E-state index is 11.8. The number of rotatable bonds is 5. The van der Waals surface area contributed by atoms with Crippen molar-refractivity contribution in [1.29, 1.82) is 0 Å². The number of hydrogen-bond acceptors (Lipinski definition) is 4. The van der Waals surface area contributed by atoms with Gasteiger partial charge in [0.05, 0.1) is 6.54 Å². The van der Waals surface area contributed by atoms with Crippen LogP contribution >= 0.6 is 0 Å². The fraction of sp³-hybridized carbons (Fsp3) is 0.643. The van der Waals surface area contributed by atoms with Crippen molar-refractivity contribution in [2.75, 3.05) is 0 Å². The molecule has 1 amide bonds. The fourth-order valence-corrected chi connectivity index (χ4v) is 2.37. The van der Waals surface area contributed by atoms with Crippen LogP contribution in [0.4, 0.5) is 0 Å². The van der Waals surface area contributed by atoms with Gasteiger partial charge in [0.15, 0.2) is 0 Å². The van der Waals surface area contributed by atoms with Gasteiger partial charge >= 0.3 is 0 Å². The van der Waals surface area contributed by atoms with Crippen LogP contribution in [0.2, 0.25) is 0 Å².